The summed E-state index contributed by atoms with van der Waals surface area (Å²) in [7, 11) is 3.78. The Kier molecular flexibility index (Phi) is 6.96. The first kappa shape index (κ1) is 22.3. The maximum atomic E-state index is 13.4. The quantitative estimate of drug-likeness (QED) is 0.743. The number of rotatable bonds is 5. The molecule has 1 aromatic carbocycles. The molecule has 2 aromatic rings. The fourth-order valence-corrected chi connectivity index (χ4v) is 5.40. The summed E-state index contributed by atoms with van der Waals surface area (Å²) in [5.74, 6) is -0.153. The number of nitrogens with one attached hydrogen (secondary N) is 1. The average molecular weight is 462 g/mol. The highest BCUT2D eigenvalue weighted by Gasteiger charge is 2.36. The molecule has 8 heteroatoms. The van der Waals surface area contributed by atoms with E-state index in [1.54, 1.807) is 19.2 Å². The van der Waals surface area contributed by atoms with E-state index >= 15 is 0 Å². The number of likely N-dealkylation sites (tertiary alicyclic amines) is 1. The van der Waals surface area contributed by atoms with Crippen LogP contribution in [-0.2, 0) is 17.6 Å². The Hall–Kier alpha value is -1.93. The Morgan fingerprint density at radius 3 is 2.68 bits per heavy atom. The number of likely N-dealkylation sites (N-methyl/N-ethyl adjacent to an activating group) is 1. The zero-order chi connectivity index (χ0) is 22.0. The summed E-state index contributed by atoms with van der Waals surface area (Å²) in [5, 5.41) is 3.05. The maximum Gasteiger partial charge on any atom is 0.261 e. The largest absolute Gasteiger partial charge is 0.383 e. The smallest absolute Gasteiger partial charge is 0.261 e. The van der Waals surface area contributed by atoms with Crippen molar-refractivity contribution in [3.8, 4) is 0 Å². The highest BCUT2D eigenvalue weighted by atomic mass is 35.5. The van der Waals surface area contributed by atoms with Gasteiger partial charge in [0.2, 0.25) is 0 Å². The molecule has 0 bridgehead atoms. The average Bonchev–Trinajstić information content (AvgIpc) is 3.31. The van der Waals surface area contributed by atoms with Gasteiger partial charge in [-0.25, -0.2) is 0 Å². The van der Waals surface area contributed by atoms with Crippen LogP contribution >= 0.6 is 22.9 Å². The van der Waals surface area contributed by atoms with E-state index < -0.39 is 0 Å². The van der Waals surface area contributed by atoms with Crippen molar-refractivity contribution in [2.45, 2.75) is 31.3 Å². The molecule has 2 atom stereocenters. The van der Waals surface area contributed by atoms with Crippen LogP contribution in [0.4, 0.5) is 0 Å². The molecule has 0 spiro atoms. The summed E-state index contributed by atoms with van der Waals surface area (Å²) in [4.78, 5) is 30.7. The Labute approximate surface area is 192 Å². The van der Waals surface area contributed by atoms with Crippen LogP contribution in [0.3, 0.4) is 0 Å². The summed E-state index contributed by atoms with van der Waals surface area (Å²) in [6, 6.07) is 9.35. The van der Waals surface area contributed by atoms with E-state index in [0.717, 1.165) is 25.9 Å². The van der Waals surface area contributed by atoms with E-state index in [2.05, 4.69) is 29.4 Å². The standard InChI is InChI=1S/C23H28ClN3O3S/c1-26-9-7-15-3-4-17(11-16(15)8-10-26)23(29)27-13-18(12-19(27)14-30-2)25-22(28)20-5-6-21(24)31-20/h3-6,11,18-19H,7-10,12-14H2,1-2H3,(H,25,28)/t18-,19+/m1/s1. The second kappa shape index (κ2) is 9.69. The number of nitrogens with zero attached hydrogens (tertiary/aromatic N) is 2. The van der Waals surface area contributed by atoms with Gasteiger partial charge in [-0.05, 0) is 61.7 Å². The van der Waals surface area contributed by atoms with Crippen molar-refractivity contribution in [1.29, 1.82) is 0 Å². The first-order valence-electron chi connectivity index (χ1n) is 10.6. The molecule has 0 saturated carbocycles. The number of methoxy groups -OCH3 is 1. The van der Waals surface area contributed by atoms with Crippen molar-refractivity contribution in [3.05, 3.63) is 56.2 Å². The second-order valence-electron chi connectivity index (χ2n) is 8.36. The maximum absolute atomic E-state index is 13.4. The van der Waals surface area contributed by atoms with Crippen LogP contribution in [0.2, 0.25) is 4.34 Å². The minimum Gasteiger partial charge on any atom is -0.383 e. The van der Waals surface area contributed by atoms with Gasteiger partial charge in [-0.2, -0.15) is 0 Å². The van der Waals surface area contributed by atoms with Crippen LogP contribution in [0.1, 0.15) is 37.6 Å². The Morgan fingerprint density at radius 1 is 1.19 bits per heavy atom. The number of halogens is 1. The van der Waals surface area contributed by atoms with Crippen molar-refractivity contribution in [2.75, 3.05) is 40.4 Å². The van der Waals surface area contributed by atoms with Crippen LogP contribution in [0.5, 0.6) is 0 Å². The Bertz CT molecular complexity index is 963. The summed E-state index contributed by atoms with van der Waals surface area (Å²) < 4.78 is 5.96. The van der Waals surface area contributed by atoms with E-state index in [0.29, 0.717) is 34.3 Å². The summed E-state index contributed by atoms with van der Waals surface area (Å²) in [6.07, 6.45) is 2.63. The highest BCUT2D eigenvalue weighted by molar-refractivity contribution is 7.18. The van der Waals surface area contributed by atoms with Gasteiger partial charge in [-0.15, -0.1) is 11.3 Å². The molecule has 31 heavy (non-hydrogen) atoms. The van der Waals surface area contributed by atoms with Gasteiger partial charge >= 0.3 is 0 Å². The molecule has 2 aliphatic heterocycles. The SMILES string of the molecule is COC[C@@H]1C[C@@H](NC(=O)c2ccc(Cl)s2)CN1C(=O)c1ccc2c(c1)CCN(C)CC2. The number of amides is 2. The molecule has 2 amide bonds. The van der Waals surface area contributed by atoms with Crippen LogP contribution in [0, 0.1) is 0 Å². The number of ether oxygens (including phenoxy) is 1. The molecule has 1 fully saturated rings. The molecule has 2 aliphatic rings. The molecule has 1 N–H and O–H groups in total. The van der Waals surface area contributed by atoms with Gasteiger partial charge in [0.15, 0.2) is 0 Å². The summed E-state index contributed by atoms with van der Waals surface area (Å²) in [5.41, 5.74) is 3.30. The lowest BCUT2D eigenvalue weighted by atomic mass is 9.99. The molecule has 0 radical (unpaired) electrons. The Balaban J connectivity index is 1.48. The van der Waals surface area contributed by atoms with Gasteiger partial charge in [0.1, 0.15) is 0 Å². The highest BCUT2D eigenvalue weighted by Crippen LogP contribution is 2.25. The fourth-order valence-electron chi connectivity index (χ4n) is 4.45. The summed E-state index contributed by atoms with van der Waals surface area (Å²) >= 11 is 7.21. The summed E-state index contributed by atoms with van der Waals surface area (Å²) in [6.45, 7) is 2.96. The van der Waals surface area contributed by atoms with Gasteiger partial charge in [0.05, 0.1) is 21.9 Å². The molecule has 0 aliphatic carbocycles. The van der Waals surface area contributed by atoms with Gasteiger partial charge < -0.3 is 19.9 Å². The van der Waals surface area contributed by atoms with E-state index in [1.807, 2.05) is 11.0 Å². The predicted octanol–water partition coefficient (Wildman–Crippen LogP) is 3.09. The lowest BCUT2D eigenvalue weighted by molar-refractivity contribution is 0.0628. The Morgan fingerprint density at radius 2 is 1.97 bits per heavy atom. The van der Waals surface area contributed by atoms with Crippen LogP contribution in [0.15, 0.2) is 30.3 Å². The number of carbonyl (C=O) groups is 2. The molecule has 6 nitrogen and oxygen atoms in total. The topological polar surface area (TPSA) is 61.9 Å². The molecule has 4 rings (SSSR count). The molecule has 166 valence electrons. The number of hydrogen-bond acceptors (Lipinski definition) is 5. The molecule has 3 heterocycles. The third-order valence-electron chi connectivity index (χ3n) is 6.15. The monoisotopic (exact) mass is 461 g/mol. The molecule has 1 aromatic heterocycles. The number of fused-ring (bicyclic) bond motifs is 1. The minimum atomic E-state index is -0.151. The van der Waals surface area contributed by atoms with Gasteiger partial charge in [-0.3, -0.25) is 9.59 Å². The van der Waals surface area contributed by atoms with Crippen LogP contribution in [-0.4, -0.2) is 74.1 Å². The van der Waals surface area contributed by atoms with E-state index in [4.69, 9.17) is 16.3 Å². The van der Waals surface area contributed by atoms with Crippen molar-refractivity contribution < 1.29 is 14.3 Å². The fraction of sp³-hybridized carbons (Fsp3) is 0.478. The van der Waals surface area contributed by atoms with Crippen molar-refractivity contribution >= 4 is 34.8 Å². The number of hydrogen-bond donors (Lipinski definition) is 1. The molecular formula is C23H28ClN3O3S. The molecular weight excluding hydrogens is 434 g/mol. The second-order valence-corrected chi connectivity index (χ2v) is 10.1. The zero-order valence-corrected chi connectivity index (χ0v) is 19.5. The molecule has 1 saturated heterocycles. The van der Waals surface area contributed by atoms with E-state index in [1.165, 1.54) is 22.5 Å². The van der Waals surface area contributed by atoms with Crippen LogP contribution < -0.4 is 5.32 Å². The normalized spacial score (nSPS) is 21.6. The van der Waals surface area contributed by atoms with Gasteiger partial charge in [0, 0.05) is 38.3 Å². The first-order chi connectivity index (χ1) is 14.9. The van der Waals surface area contributed by atoms with Crippen molar-refractivity contribution in [3.63, 3.8) is 0 Å². The van der Waals surface area contributed by atoms with Crippen LogP contribution in [0.25, 0.3) is 0 Å². The van der Waals surface area contributed by atoms with Crippen molar-refractivity contribution in [1.82, 2.24) is 15.1 Å². The van der Waals surface area contributed by atoms with Gasteiger partial charge in [0.25, 0.3) is 11.8 Å². The first-order valence-corrected chi connectivity index (χ1v) is 11.8. The predicted molar refractivity (Wildman–Crippen MR) is 123 cm³/mol. The number of benzene rings is 1. The third-order valence-corrected chi connectivity index (χ3v) is 7.38. The molecule has 0 unspecified atom stereocenters. The van der Waals surface area contributed by atoms with E-state index in [9.17, 15) is 9.59 Å². The number of carbonyl (C=O) groups excluding carboxylic acids is 2. The minimum absolute atomic E-state index is 0.00151. The number of thiophene rings is 1. The lowest BCUT2D eigenvalue weighted by Gasteiger charge is -2.24. The van der Waals surface area contributed by atoms with Crippen molar-refractivity contribution in [2.24, 2.45) is 0 Å². The van der Waals surface area contributed by atoms with Gasteiger partial charge in [-0.1, -0.05) is 17.7 Å². The lowest BCUT2D eigenvalue weighted by Crippen LogP contribution is -2.40. The third kappa shape index (κ3) is 5.12. The zero-order valence-electron chi connectivity index (χ0n) is 17.9. The van der Waals surface area contributed by atoms with E-state index in [-0.39, 0.29) is 23.9 Å².